The van der Waals surface area contributed by atoms with E-state index < -0.39 is 17.8 Å². The van der Waals surface area contributed by atoms with Gasteiger partial charge in [-0.05, 0) is 48.2 Å². The SMILES string of the molecule is CC(C)(C)CCN(Cc1nnc(-c2ccccc2Nc2ccc(C(F)(F)F)cc2)o1)C(=O)O. The highest BCUT2D eigenvalue weighted by molar-refractivity contribution is 5.76. The Morgan fingerprint density at radius 2 is 1.73 bits per heavy atom. The van der Waals surface area contributed by atoms with Crippen LogP contribution in [-0.2, 0) is 12.7 Å². The Bertz CT molecular complexity index is 1090. The van der Waals surface area contributed by atoms with Crippen molar-refractivity contribution in [3.05, 3.63) is 60.0 Å². The molecule has 3 rings (SSSR count). The van der Waals surface area contributed by atoms with Crippen LogP contribution in [-0.4, -0.2) is 32.8 Å². The zero-order valence-electron chi connectivity index (χ0n) is 18.5. The smallest absolute Gasteiger partial charge is 0.416 e. The van der Waals surface area contributed by atoms with Crippen molar-refractivity contribution in [1.29, 1.82) is 0 Å². The Morgan fingerprint density at radius 1 is 1.06 bits per heavy atom. The van der Waals surface area contributed by atoms with Crippen LogP contribution in [0, 0.1) is 5.41 Å². The fourth-order valence-electron chi connectivity index (χ4n) is 2.98. The molecule has 33 heavy (non-hydrogen) atoms. The summed E-state index contributed by atoms with van der Waals surface area (Å²) < 4.78 is 44.1. The van der Waals surface area contributed by atoms with Crippen molar-refractivity contribution >= 4 is 17.5 Å². The summed E-state index contributed by atoms with van der Waals surface area (Å²) >= 11 is 0. The maximum atomic E-state index is 12.8. The van der Waals surface area contributed by atoms with Gasteiger partial charge in [0.1, 0.15) is 6.54 Å². The molecule has 2 aromatic carbocycles. The van der Waals surface area contributed by atoms with Gasteiger partial charge in [0.2, 0.25) is 11.8 Å². The Morgan fingerprint density at radius 3 is 2.33 bits per heavy atom. The number of aromatic nitrogens is 2. The number of rotatable bonds is 7. The van der Waals surface area contributed by atoms with E-state index in [4.69, 9.17) is 4.42 Å². The number of para-hydroxylation sites is 1. The van der Waals surface area contributed by atoms with Crippen LogP contribution in [0.2, 0.25) is 0 Å². The molecule has 0 atom stereocenters. The summed E-state index contributed by atoms with van der Waals surface area (Å²) in [5.74, 6) is 0.312. The summed E-state index contributed by atoms with van der Waals surface area (Å²) in [5.41, 5.74) is 0.770. The number of nitrogens with zero attached hydrogens (tertiary/aromatic N) is 3. The minimum Gasteiger partial charge on any atom is -0.465 e. The molecule has 0 fully saturated rings. The first-order chi connectivity index (χ1) is 15.4. The van der Waals surface area contributed by atoms with Crippen LogP contribution in [0.4, 0.5) is 29.3 Å². The van der Waals surface area contributed by atoms with E-state index >= 15 is 0 Å². The minimum atomic E-state index is -4.41. The molecular formula is C23H25F3N4O3. The number of halogens is 3. The average molecular weight is 462 g/mol. The lowest BCUT2D eigenvalue weighted by Gasteiger charge is -2.23. The number of benzene rings is 2. The first-order valence-corrected chi connectivity index (χ1v) is 10.3. The summed E-state index contributed by atoms with van der Waals surface area (Å²) in [4.78, 5) is 12.8. The molecule has 3 aromatic rings. The normalized spacial score (nSPS) is 11.9. The molecule has 1 amide bonds. The fraction of sp³-hybridized carbons (Fsp3) is 0.348. The summed E-state index contributed by atoms with van der Waals surface area (Å²) in [6.07, 6.45) is -4.82. The molecule has 0 aliphatic heterocycles. The van der Waals surface area contributed by atoms with E-state index in [0.717, 1.165) is 12.1 Å². The Balaban J connectivity index is 1.77. The molecule has 0 unspecified atom stereocenters. The summed E-state index contributed by atoms with van der Waals surface area (Å²) in [6.45, 7) is 6.35. The van der Waals surface area contributed by atoms with Crippen molar-refractivity contribution in [3.8, 4) is 11.5 Å². The summed E-state index contributed by atoms with van der Waals surface area (Å²) in [7, 11) is 0. The van der Waals surface area contributed by atoms with Crippen molar-refractivity contribution in [2.75, 3.05) is 11.9 Å². The molecule has 7 nitrogen and oxygen atoms in total. The van der Waals surface area contributed by atoms with Crippen molar-refractivity contribution in [2.24, 2.45) is 5.41 Å². The predicted octanol–water partition coefficient (Wildman–Crippen LogP) is 6.42. The van der Waals surface area contributed by atoms with Gasteiger partial charge in [-0.15, -0.1) is 10.2 Å². The molecule has 10 heteroatoms. The molecule has 1 aromatic heterocycles. The zero-order valence-corrected chi connectivity index (χ0v) is 18.5. The van der Waals surface area contributed by atoms with Crippen molar-refractivity contribution in [3.63, 3.8) is 0 Å². The lowest BCUT2D eigenvalue weighted by Crippen LogP contribution is -2.32. The van der Waals surface area contributed by atoms with E-state index in [1.54, 1.807) is 24.3 Å². The third-order valence-corrected chi connectivity index (χ3v) is 4.84. The van der Waals surface area contributed by atoms with Crippen LogP contribution >= 0.6 is 0 Å². The van der Waals surface area contributed by atoms with Crippen LogP contribution in [0.3, 0.4) is 0 Å². The van der Waals surface area contributed by atoms with Crippen molar-refractivity contribution < 1.29 is 27.5 Å². The number of carbonyl (C=O) groups is 1. The molecule has 0 aliphatic rings. The maximum Gasteiger partial charge on any atom is 0.416 e. The number of amides is 1. The highest BCUT2D eigenvalue weighted by Crippen LogP contribution is 2.32. The van der Waals surface area contributed by atoms with Gasteiger partial charge in [-0.25, -0.2) is 4.79 Å². The standard InChI is InChI=1S/C23H25F3N4O3/c1-22(2,3)12-13-30(21(31)32)14-19-28-29-20(33-19)17-6-4-5-7-18(17)27-16-10-8-15(9-11-16)23(24,25)26/h4-11,27H,12-14H2,1-3H3,(H,31,32). The van der Waals surface area contributed by atoms with E-state index in [9.17, 15) is 23.1 Å². The number of hydrogen-bond donors (Lipinski definition) is 2. The molecule has 176 valence electrons. The van der Waals surface area contributed by atoms with E-state index in [2.05, 4.69) is 15.5 Å². The van der Waals surface area contributed by atoms with Gasteiger partial charge in [0.05, 0.1) is 16.8 Å². The van der Waals surface area contributed by atoms with Crippen LogP contribution in [0.25, 0.3) is 11.5 Å². The minimum absolute atomic E-state index is 0.0311. The summed E-state index contributed by atoms with van der Waals surface area (Å²) in [5, 5.41) is 20.5. The molecule has 1 heterocycles. The molecule has 0 bridgehead atoms. The van der Waals surface area contributed by atoms with Gasteiger partial charge in [-0.2, -0.15) is 13.2 Å². The van der Waals surface area contributed by atoms with Gasteiger partial charge < -0.3 is 14.8 Å². The number of alkyl halides is 3. The Kier molecular flexibility index (Phi) is 6.95. The van der Waals surface area contributed by atoms with Gasteiger partial charge in [0.25, 0.3) is 0 Å². The average Bonchev–Trinajstić information content (AvgIpc) is 3.19. The molecular weight excluding hydrogens is 437 g/mol. The number of nitrogens with one attached hydrogen (secondary N) is 1. The number of hydrogen-bond acceptors (Lipinski definition) is 5. The van der Waals surface area contributed by atoms with Gasteiger partial charge in [0, 0.05) is 12.2 Å². The van der Waals surface area contributed by atoms with Crippen molar-refractivity contribution in [2.45, 2.75) is 39.9 Å². The molecule has 2 N–H and O–H groups in total. The second-order valence-corrected chi connectivity index (χ2v) is 8.76. The number of anilines is 2. The first-order valence-electron chi connectivity index (χ1n) is 10.3. The highest BCUT2D eigenvalue weighted by Gasteiger charge is 2.30. The molecule has 0 saturated carbocycles. The number of carboxylic acid groups (broad SMARTS) is 1. The van der Waals surface area contributed by atoms with Crippen LogP contribution in [0.5, 0.6) is 0 Å². The third-order valence-electron chi connectivity index (χ3n) is 4.84. The second-order valence-electron chi connectivity index (χ2n) is 8.76. The molecule has 0 saturated heterocycles. The zero-order chi connectivity index (χ0) is 24.2. The van der Waals surface area contributed by atoms with Crippen LogP contribution < -0.4 is 5.32 Å². The largest absolute Gasteiger partial charge is 0.465 e. The topological polar surface area (TPSA) is 91.5 Å². The fourth-order valence-corrected chi connectivity index (χ4v) is 2.98. The van der Waals surface area contributed by atoms with Gasteiger partial charge in [0.15, 0.2) is 0 Å². The van der Waals surface area contributed by atoms with Crippen molar-refractivity contribution in [1.82, 2.24) is 15.1 Å². The van der Waals surface area contributed by atoms with E-state index in [1.165, 1.54) is 17.0 Å². The lowest BCUT2D eigenvalue weighted by atomic mass is 9.92. The summed E-state index contributed by atoms with van der Waals surface area (Å²) in [6, 6.07) is 11.6. The molecule has 0 spiro atoms. The predicted molar refractivity (Wildman–Crippen MR) is 117 cm³/mol. The van der Waals surface area contributed by atoms with E-state index in [0.29, 0.717) is 29.9 Å². The van der Waals surface area contributed by atoms with Crippen LogP contribution in [0.15, 0.2) is 52.9 Å². The molecule has 0 radical (unpaired) electrons. The maximum absolute atomic E-state index is 12.8. The third kappa shape index (κ3) is 6.71. The quantitative estimate of drug-likeness (QED) is 0.421. The monoisotopic (exact) mass is 462 g/mol. The van der Waals surface area contributed by atoms with Gasteiger partial charge >= 0.3 is 12.3 Å². The Labute approximate surface area is 189 Å². The highest BCUT2D eigenvalue weighted by atomic mass is 19.4. The Hall–Kier alpha value is -3.56. The van der Waals surface area contributed by atoms with Gasteiger partial charge in [-0.3, -0.25) is 4.90 Å². The van der Waals surface area contributed by atoms with E-state index in [-0.39, 0.29) is 23.7 Å². The van der Waals surface area contributed by atoms with Gasteiger partial charge in [-0.1, -0.05) is 32.9 Å². The van der Waals surface area contributed by atoms with Crippen LogP contribution in [0.1, 0.15) is 38.6 Å². The molecule has 0 aliphatic carbocycles. The second kappa shape index (κ2) is 9.51. The first kappa shape index (κ1) is 24.1. The lowest BCUT2D eigenvalue weighted by molar-refractivity contribution is -0.137. The van der Waals surface area contributed by atoms with E-state index in [1.807, 2.05) is 20.8 Å².